The van der Waals surface area contributed by atoms with Crippen LogP contribution in [-0.2, 0) is 0 Å². The van der Waals surface area contributed by atoms with E-state index in [2.05, 4.69) is 17.2 Å². The van der Waals surface area contributed by atoms with Crippen molar-refractivity contribution in [3.05, 3.63) is 29.6 Å². The summed E-state index contributed by atoms with van der Waals surface area (Å²) in [5.74, 6) is 0.0881. The van der Waals surface area contributed by atoms with Crippen molar-refractivity contribution in [1.29, 1.82) is 0 Å². The van der Waals surface area contributed by atoms with Crippen LogP contribution in [-0.4, -0.2) is 41.5 Å². The molecule has 1 N–H and O–H groups in total. The molecule has 4 heteroatoms. The summed E-state index contributed by atoms with van der Waals surface area (Å²) in [6.45, 7) is 6.52. The van der Waals surface area contributed by atoms with Gasteiger partial charge < -0.3 is 10.2 Å². The Labute approximate surface area is 95.7 Å². The molecule has 1 aliphatic rings. The lowest BCUT2D eigenvalue weighted by molar-refractivity contribution is 0.0655. The van der Waals surface area contributed by atoms with Gasteiger partial charge in [0.1, 0.15) is 0 Å². The average Bonchev–Trinajstić information content (AvgIpc) is 2.29. The van der Waals surface area contributed by atoms with Crippen molar-refractivity contribution >= 4 is 5.91 Å². The van der Waals surface area contributed by atoms with Gasteiger partial charge in [-0.1, -0.05) is 0 Å². The minimum Gasteiger partial charge on any atom is -0.333 e. The van der Waals surface area contributed by atoms with Crippen LogP contribution in [0.15, 0.2) is 18.5 Å². The predicted octanol–water partition coefficient (Wildman–Crippen LogP) is 0.824. The van der Waals surface area contributed by atoms with Crippen LogP contribution in [0.4, 0.5) is 0 Å². The zero-order valence-corrected chi connectivity index (χ0v) is 9.73. The van der Waals surface area contributed by atoms with Gasteiger partial charge in [0.25, 0.3) is 5.91 Å². The SMILES string of the molecule is Cc1cncc(C(=O)N2CCNC[C@H]2C)c1. The standard InChI is InChI=1S/C12H17N3O/c1-9-5-11(8-14-6-9)12(16)15-4-3-13-7-10(15)2/h5-6,8,10,13H,3-4,7H2,1-2H3/t10-/m1/s1. The van der Waals surface area contributed by atoms with E-state index in [1.54, 1.807) is 12.4 Å². The number of hydrogen-bond donors (Lipinski definition) is 1. The molecule has 0 spiro atoms. The average molecular weight is 219 g/mol. The number of carbonyl (C=O) groups is 1. The molecule has 1 aliphatic heterocycles. The molecule has 0 unspecified atom stereocenters. The van der Waals surface area contributed by atoms with Crippen molar-refractivity contribution in [2.45, 2.75) is 19.9 Å². The molecule has 0 aliphatic carbocycles. The minimum atomic E-state index is 0.0881. The van der Waals surface area contributed by atoms with Crippen LogP contribution in [0, 0.1) is 6.92 Å². The number of nitrogens with one attached hydrogen (secondary N) is 1. The van der Waals surface area contributed by atoms with Crippen LogP contribution < -0.4 is 5.32 Å². The van der Waals surface area contributed by atoms with Crippen LogP contribution in [0.1, 0.15) is 22.8 Å². The van der Waals surface area contributed by atoms with Crippen molar-refractivity contribution in [1.82, 2.24) is 15.2 Å². The summed E-state index contributed by atoms with van der Waals surface area (Å²) in [6.07, 6.45) is 3.40. The second-order valence-electron chi connectivity index (χ2n) is 4.30. The van der Waals surface area contributed by atoms with Crippen molar-refractivity contribution in [2.24, 2.45) is 0 Å². The van der Waals surface area contributed by atoms with E-state index in [0.29, 0.717) is 5.56 Å². The van der Waals surface area contributed by atoms with Crippen molar-refractivity contribution in [3.63, 3.8) is 0 Å². The third-order valence-electron chi connectivity index (χ3n) is 2.88. The number of carbonyl (C=O) groups excluding carboxylic acids is 1. The summed E-state index contributed by atoms with van der Waals surface area (Å²) >= 11 is 0. The number of hydrogen-bond acceptors (Lipinski definition) is 3. The second kappa shape index (κ2) is 4.61. The predicted molar refractivity (Wildman–Crippen MR) is 62.3 cm³/mol. The van der Waals surface area contributed by atoms with Crippen LogP contribution in [0.25, 0.3) is 0 Å². The third kappa shape index (κ3) is 2.22. The molecule has 0 bridgehead atoms. The molecule has 86 valence electrons. The van der Waals surface area contributed by atoms with Gasteiger partial charge in [-0.15, -0.1) is 0 Å². The van der Waals surface area contributed by atoms with E-state index in [0.717, 1.165) is 25.2 Å². The Morgan fingerprint density at radius 3 is 3.06 bits per heavy atom. The van der Waals surface area contributed by atoms with Gasteiger partial charge >= 0.3 is 0 Å². The fourth-order valence-electron chi connectivity index (χ4n) is 1.98. The number of amides is 1. The monoisotopic (exact) mass is 219 g/mol. The first-order valence-corrected chi connectivity index (χ1v) is 5.62. The lowest BCUT2D eigenvalue weighted by Gasteiger charge is -2.34. The Morgan fingerprint density at radius 1 is 1.56 bits per heavy atom. The first-order chi connectivity index (χ1) is 7.68. The molecular weight excluding hydrogens is 202 g/mol. The van der Waals surface area contributed by atoms with Crippen LogP contribution in [0.3, 0.4) is 0 Å². The Hall–Kier alpha value is -1.42. The zero-order chi connectivity index (χ0) is 11.5. The van der Waals surface area contributed by atoms with Crippen molar-refractivity contribution in [3.8, 4) is 0 Å². The van der Waals surface area contributed by atoms with Gasteiger partial charge in [-0.25, -0.2) is 0 Å². The number of pyridine rings is 1. The molecular formula is C12H17N3O. The number of aromatic nitrogens is 1. The Kier molecular flexibility index (Phi) is 3.19. The summed E-state index contributed by atoms with van der Waals surface area (Å²) in [7, 11) is 0. The highest BCUT2D eigenvalue weighted by molar-refractivity contribution is 5.94. The molecule has 1 fully saturated rings. The number of nitrogens with zero attached hydrogens (tertiary/aromatic N) is 2. The summed E-state index contributed by atoms with van der Waals surface area (Å²) in [5, 5.41) is 3.27. The summed E-state index contributed by atoms with van der Waals surface area (Å²) < 4.78 is 0. The highest BCUT2D eigenvalue weighted by atomic mass is 16.2. The minimum absolute atomic E-state index is 0.0881. The Balaban J connectivity index is 2.17. The number of rotatable bonds is 1. The van der Waals surface area contributed by atoms with Crippen molar-refractivity contribution < 1.29 is 4.79 Å². The maximum Gasteiger partial charge on any atom is 0.255 e. The van der Waals surface area contributed by atoms with Gasteiger partial charge in [0.2, 0.25) is 0 Å². The van der Waals surface area contributed by atoms with Gasteiger partial charge in [-0.05, 0) is 25.5 Å². The van der Waals surface area contributed by atoms with Gasteiger partial charge in [0.15, 0.2) is 0 Å². The molecule has 1 aromatic heterocycles. The van der Waals surface area contributed by atoms with Gasteiger partial charge in [0.05, 0.1) is 5.56 Å². The smallest absolute Gasteiger partial charge is 0.255 e. The molecule has 1 aromatic rings. The fraction of sp³-hybridized carbons (Fsp3) is 0.500. The maximum absolute atomic E-state index is 12.2. The molecule has 16 heavy (non-hydrogen) atoms. The lowest BCUT2D eigenvalue weighted by atomic mass is 10.1. The van der Waals surface area contributed by atoms with Crippen LogP contribution >= 0.6 is 0 Å². The second-order valence-corrected chi connectivity index (χ2v) is 4.30. The van der Waals surface area contributed by atoms with E-state index in [1.807, 2.05) is 17.9 Å². The van der Waals surface area contributed by atoms with Crippen LogP contribution in [0.2, 0.25) is 0 Å². The first kappa shape index (κ1) is 11.1. The molecule has 0 aromatic carbocycles. The topological polar surface area (TPSA) is 45.2 Å². The largest absolute Gasteiger partial charge is 0.333 e. The summed E-state index contributed by atoms with van der Waals surface area (Å²) in [4.78, 5) is 18.2. The molecule has 2 heterocycles. The van der Waals surface area contributed by atoms with E-state index < -0.39 is 0 Å². The first-order valence-electron chi connectivity index (χ1n) is 5.62. The fourth-order valence-corrected chi connectivity index (χ4v) is 1.98. The highest BCUT2D eigenvalue weighted by Gasteiger charge is 2.23. The third-order valence-corrected chi connectivity index (χ3v) is 2.88. The molecule has 4 nitrogen and oxygen atoms in total. The zero-order valence-electron chi connectivity index (χ0n) is 9.73. The molecule has 1 saturated heterocycles. The van der Waals surface area contributed by atoms with Crippen molar-refractivity contribution in [2.75, 3.05) is 19.6 Å². The number of piperazine rings is 1. The quantitative estimate of drug-likeness (QED) is 0.760. The molecule has 2 rings (SSSR count). The van der Waals surface area contributed by atoms with Gasteiger partial charge in [-0.2, -0.15) is 0 Å². The highest BCUT2D eigenvalue weighted by Crippen LogP contribution is 2.10. The van der Waals surface area contributed by atoms with E-state index in [9.17, 15) is 4.79 Å². The summed E-state index contributed by atoms with van der Waals surface area (Å²) in [5.41, 5.74) is 1.71. The molecule has 1 atom stereocenters. The maximum atomic E-state index is 12.2. The van der Waals surface area contributed by atoms with E-state index in [4.69, 9.17) is 0 Å². The number of aryl methyl sites for hydroxylation is 1. The summed E-state index contributed by atoms with van der Waals surface area (Å²) in [6, 6.07) is 2.14. The Morgan fingerprint density at radius 2 is 2.38 bits per heavy atom. The van der Waals surface area contributed by atoms with Crippen LogP contribution in [0.5, 0.6) is 0 Å². The molecule has 0 radical (unpaired) electrons. The Bertz CT molecular complexity index is 392. The lowest BCUT2D eigenvalue weighted by Crippen LogP contribution is -2.52. The van der Waals surface area contributed by atoms with E-state index >= 15 is 0 Å². The van der Waals surface area contributed by atoms with Gasteiger partial charge in [0, 0.05) is 38.1 Å². The van der Waals surface area contributed by atoms with E-state index in [1.165, 1.54) is 0 Å². The molecule has 1 amide bonds. The normalized spacial score (nSPS) is 20.9. The van der Waals surface area contributed by atoms with Gasteiger partial charge in [-0.3, -0.25) is 9.78 Å². The molecule has 0 saturated carbocycles. The van der Waals surface area contributed by atoms with E-state index in [-0.39, 0.29) is 11.9 Å².